The molecule has 0 aromatic heterocycles. The summed E-state index contributed by atoms with van der Waals surface area (Å²) in [4.78, 5) is 12.6. The maximum atomic E-state index is 12.6. The van der Waals surface area contributed by atoms with Gasteiger partial charge in [-0.2, -0.15) is 5.26 Å². The standard InChI is InChI=1S/C25H19Cl3N2O2/c1-2-32-24-12-16(7-8-18(24)13-17-5-3-4-6-21(17)26)11-19(15-29)25(31)30-20-9-10-22(27)23(28)14-20/h3-12,14H,2,13H2,1H3,(H,30,31)/b19-11+. The molecule has 0 radical (unpaired) electrons. The molecular weight excluding hydrogens is 467 g/mol. The van der Waals surface area contributed by atoms with Crippen LogP contribution in [0.3, 0.4) is 0 Å². The van der Waals surface area contributed by atoms with Crippen LogP contribution < -0.4 is 10.1 Å². The van der Waals surface area contributed by atoms with Crippen LogP contribution in [0.15, 0.2) is 66.2 Å². The Morgan fingerprint density at radius 3 is 2.47 bits per heavy atom. The molecule has 0 aliphatic rings. The minimum atomic E-state index is -0.552. The first-order chi connectivity index (χ1) is 15.4. The second kappa shape index (κ2) is 11.1. The van der Waals surface area contributed by atoms with Crippen LogP contribution >= 0.6 is 34.8 Å². The molecule has 4 nitrogen and oxygen atoms in total. The van der Waals surface area contributed by atoms with E-state index in [0.29, 0.717) is 45.1 Å². The summed E-state index contributed by atoms with van der Waals surface area (Å²) in [6.07, 6.45) is 2.11. The third-order valence-electron chi connectivity index (χ3n) is 4.58. The number of nitrogens with one attached hydrogen (secondary N) is 1. The smallest absolute Gasteiger partial charge is 0.266 e. The quantitative estimate of drug-likeness (QED) is 0.285. The lowest BCUT2D eigenvalue weighted by molar-refractivity contribution is -0.112. The normalized spacial score (nSPS) is 11.0. The minimum absolute atomic E-state index is 0.0580. The van der Waals surface area contributed by atoms with E-state index in [0.717, 1.165) is 11.1 Å². The summed E-state index contributed by atoms with van der Waals surface area (Å²) in [6, 6.07) is 19.8. The minimum Gasteiger partial charge on any atom is -0.494 e. The second-order valence-electron chi connectivity index (χ2n) is 6.82. The number of hydrogen-bond donors (Lipinski definition) is 1. The number of nitrogens with zero attached hydrogens (tertiary/aromatic N) is 1. The summed E-state index contributed by atoms with van der Waals surface area (Å²) in [5.74, 6) is 0.118. The van der Waals surface area contributed by atoms with Crippen LogP contribution in [0.4, 0.5) is 5.69 Å². The molecule has 0 saturated carbocycles. The van der Waals surface area contributed by atoms with Gasteiger partial charge in [-0.15, -0.1) is 0 Å². The van der Waals surface area contributed by atoms with Crippen molar-refractivity contribution < 1.29 is 9.53 Å². The molecule has 0 heterocycles. The van der Waals surface area contributed by atoms with Gasteiger partial charge < -0.3 is 10.1 Å². The van der Waals surface area contributed by atoms with Gasteiger partial charge in [0.05, 0.1) is 16.7 Å². The summed E-state index contributed by atoms with van der Waals surface area (Å²) in [7, 11) is 0. The lowest BCUT2D eigenvalue weighted by atomic mass is 10.0. The van der Waals surface area contributed by atoms with Crippen molar-refractivity contribution in [2.75, 3.05) is 11.9 Å². The fourth-order valence-electron chi connectivity index (χ4n) is 3.03. The highest BCUT2D eigenvalue weighted by atomic mass is 35.5. The van der Waals surface area contributed by atoms with Gasteiger partial charge in [0.15, 0.2) is 0 Å². The van der Waals surface area contributed by atoms with Gasteiger partial charge in [-0.05, 0) is 60.0 Å². The topological polar surface area (TPSA) is 62.1 Å². The van der Waals surface area contributed by atoms with E-state index in [2.05, 4.69) is 5.32 Å². The van der Waals surface area contributed by atoms with Crippen molar-refractivity contribution in [1.29, 1.82) is 5.26 Å². The number of amides is 1. The number of carbonyl (C=O) groups is 1. The summed E-state index contributed by atoms with van der Waals surface area (Å²) < 4.78 is 5.80. The number of anilines is 1. The lowest BCUT2D eigenvalue weighted by Gasteiger charge is -2.12. The number of ether oxygens (including phenoxy) is 1. The highest BCUT2D eigenvalue weighted by molar-refractivity contribution is 6.42. The molecule has 0 aliphatic carbocycles. The lowest BCUT2D eigenvalue weighted by Crippen LogP contribution is -2.13. The first kappa shape index (κ1) is 23.7. The first-order valence-electron chi connectivity index (χ1n) is 9.78. The van der Waals surface area contributed by atoms with E-state index in [1.807, 2.05) is 49.4 Å². The Balaban J connectivity index is 1.85. The monoisotopic (exact) mass is 484 g/mol. The van der Waals surface area contributed by atoms with E-state index in [4.69, 9.17) is 39.5 Å². The van der Waals surface area contributed by atoms with Crippen molar-refractivity contribution in [3.63, 3.8) is 0 Å². The molecule has 0 saturated heterocycles. The van der Waals surface area contributed by atoms with Crippen molar-refractivity contribution >= 4 is 52.5 Å². The molecule has 7 heteroatoms. The average molecular weight is 486 g/mol. The Morgan fingerprint density at radius 1 is 1.00 bits per heavy atom. The summed E-state index contributed by atoms with van der Waals surface area (Å²) in [5, 5.41) is 13.5. The molecule has 0 bridgehead atoms. The maximum absolute atomic E-state index is 12.6. The van der Waals surface area contributed by atoms with Crippen LogP contribution in [0.5, 0.6) is 5.75 Å². The molecule has 0 fully saturated rings. The van der Waals surface area contributed by atoms with Crippen molar-refractivity contribution in [2.45, 2.75) is 13.3 Å². The van der Waals surface area contributed by atoms with Crippen LogP contribution in [-0.4, -0.2) is 12.5 Å². The molecule has 1 amide bonds. The highest BCUT2D eigenvalue weighted by Crippen LogP contribution is 2.28. The number of nitriles is 1. The molecule has 3 aromatic rings. The van der Waals surface area contributed by atoms with Gasteiger partial charge >= 0.3 is 0 Å². The van der Waals surface area contributed by atoms with Gasteiger partial charge in [0, 0.05) is 17.1 Å². The highest BCUT2D eigenvalue weighted by Gasteiger charge is 2.13. The van der Waals surface area contributed by atoms with E-state index >= 15 is 0 Å². The SMILES string of the molecule is CCOc1cc(/C=C(\C#N)C(=O)Nc2ccc(Cl)c(Cl)c2)ccc1Cc1ccccc1Cl. The van der Waals surface area contributed by atoms with Gasteiger partial charge in [0.2, 0.25) is 0 Å². The van der Waals surface area contributed by atoms with Crippen LogP contribution in [0, 0.1) is 11.3 Å². The Kier molecular flexibility index (Phi) is 8.19. The number of rotatable bonds is 7. The van der Waals surface area contributed by atoms with E-state index in [1.165, 1.54) is 12.1 Å². The molecule has 0 aliphatic heterocycles. The molecule has 3 aromatic carbocycles. The zero-order valence-corrected chi connectivity index (χ0v) is 19.4. The molecule has 1 N–H and O–H groups in total. The Morgan fingerprint density at radius 2 is 1.78 bits per heavy atom. The Labute approximate surface area is 202 Å². The molecule has 32 heavy (non-hydrogen) atoms. The number of hydrogen-bond acceptors (Lipinski definition) is 3. The van der Waals surface area contributed by atoms with Gasteiger partial charge in [0.1, 0.15) is 17.4 Å². The predicted octanol–water partition coefficient (Wildman–Crippen LogP) is 7.18. The molecule has 0 unspecified atom stereocenters. The molecule has 3 rings (SSSR count). The molecule has 162 valence electrons. The van der Waals surface area contributed by atoms with E-state index < -0.39 is 5.91 Å². The molecular formula is C25H19Cl3N2O2. The van der Waals surface area contributed by atoms with Gasteiger partial charge in [-0.1, -0.05) is 65.1 Å². The van der Waals surface area contributed by atoms with Crippen LogP contribution in [0.2, 0.25) is 15.1 Å². The number of halogens is 3. The van der Waals surface area contributed by atoms with Crippen molar-refractivity contribution in [2.24, 2.45) is 0 Å². The number of carbonyl (C=O) groups excluding carboxylic acids is 1. The van der Waals surface area contributed by atoms with E-state index in [9.17, 15) is 10.1 Å². The van der Waals surface area contributed by atoms with Crippen LogP contribution in [0.1, 0.15) is 23.6 Å². The van der Waals surface area contributed by atoms with Crippen molar-refractivity contribution in [3.8, 4) is 11.8 Å². The van der Waals surface area contributed by atoms with Crippen molar-refractivity contribution in [1.82, 2.24) is 0 Å². The summed E-state index contributed by atoms with van der Waals surface area (Å²) in [5.41, 5.74) is 2.98. The molecule has 0 atom stereocenters. The van der Waals surface area contributed by atoms with E-state index in [1.54, 1.807) is 18.2 Å². The van der Waals surface area contributed by atoms with Gasteiger partial charge in [-0.25, -0.2) is 0 Å². The average Bonchev–Trinajstić information content (AvgIpc) is 2.77. The van der Waals surface area contributed by atoms with E-state index in [-0.39, 0.29) is 5.57 Å². The Hall–Kier alpha value is -2.97. The van der Waals surface area contributed by atoms with Crippen LogP contribution in [-0.2, 0) is 11.2 Å². The molecule has 0 spiro atoms. The zero-order chi connectivity index (χ0) is 23.1. The Bertz CT molecular complexity index is 1220. The fourth-order valence-corrected chi connectivity index (χ4v) is 3.53. The fraction of sp³-hybridized carbons (Fsp3) is 0.120. The maximum Gasteiger partial charge on any atom is 0.266 e. The third kappa shape index (κ3) is 6.05. The number of benzene rings is 3. The van der Waals surface area contributed by atoms with Gasteiger partial charge in [0.25, 0.3) is 5.91 Å². The first-order valence-corrected chi connectivity index (χ1v) is 10.9. The largest absolute Gasteiger partial charge is 0.494 e. The second-order valence-corrected chi connectivity index (χ2v) is 8.04. The third-order valence-corrected chi connectivity index (χ3v) is 5.69. The zero-order valence-electron chi connectivity index (χ0n) is 17.2. The van der Waals surface area contributed by atoms with Gasteiger partial charge in [-0.3, -0.25) is 4.79 Å². The van der Waals surface area contributed by atoms with Crippen LogP contribution in [0.25, 0.3) is 6.08 Å². The predicted molar refractivity (Wildman–Crippen MR) is 131 cm³/mol. The summed E-state index contributed by atoms with van der Waals surface area (Å²) in [6.45, 7) is 2.37. The summed E-state index contributed by atoms with van der Waals surface area (Å²) >= 11 is 18.2. The van der Waals surface area contributed by atoms with Crippen molar-refractivity contribution in [3.05, 3.63) is 98.0 Å².